The van der Waals surface area contributed by atoms with Crippen LogP contribution in [-0.2, 0) is 0 Å². The number of carbonyl (C=O) groups is 2. The molecule has 0 fully saturated rings. The molecular weight excluding hydrogens is 376 g/mol. The first kappa shape index (κ1) is 21.0. The number of alkyl halides is 2. The minimum atomic E-state index is -2.76. The zero-order chi connectivity index (χ0) is 20.1. The quantitative estimate of drug-likeness (QED) is 0.731. The Morgan fingerprint density at radius 1 is 1.37 bits per heavy atom. The van der Waals surface area contributed by atoms with Crippen LogP contribution in [0.3, 0.4) is 0 Å². The van der Waals surface area contributed by atoms with E-state index in [0.29, 0.717) is 23.4 Å². The van der Waals surface area contributed by atoms with Crippen molar-refractivity contribution < 1.29 is 22.8 Å². The van der Waals surface area contributed by atoms with Crippen molar-refractivity contribution in [3.8, 4) is 0 Å². The van der Waals surface area contributed by atoms with Gasteiger partial charge in [-0.25, -0.2) is 13.2 Å². The molecule has 0 saturated carbocycles. The highest BCUT2D eigenvalue weighted by Gasteiger charge is 2.24. The normalized spacial score (nSPS) is 12.4. The Kier molecular flexibility index (Phi) is 7.06. The van der Waals surface area contributed by atoms with Crippen molar-refractivity contribution in [3.63, 3.8) is 0 Å². The summed E-state index contributed by atoms with van der Waals surface area (Å²) in [6, 6.07) is 2.68. The van der Waals surface area contributed by atoms with Gasteiger partial charge in [-0.05, 0) is 42.9 Å². The fourth-order valence-electron chi connectivity index (χ4n) is 2.58. The second-order valence-corrected chi connectivity index (χ2v) is 7.51. The molecule has 0 bridgehead atoms. The number of aryl methyl sites for hydroxylation is 1. The number of halogens is 2. The summed E-state index contributed by atoms with van der Waals surface area (Å²) in [5.74, 6) is -1.10. The van der Waals surface area contributed by atoms with Gasteiger partial charge in [0.25, 0.3) is 18.2 Å². The molecule has 2 aromatic heterocycles. The Morgan fingerprint density at radius 2 is 2.07 bits per heavy atom. The third kappa shape index (κ3) is 5.35. The van der Waals surface area contributed by atoms with Crippen molar-refractivity contribution in [1.82, 2.24) is 14.6 Å². The summed E-state index contributed by atoms with van der Waals surface area (Å²) >= 11 is 1.12. The van der Waals surface area contributed by atoms with Gasteiger partial charge in [0.2, 0.25) is 0 Å². The Hall–Kier alpha value is -2.29. The van der Waals surface area contributed by atoms with Gasteiger partial charge < -0.3 is 14.6 Å². The topological polar surface area (TPSA) is 75.4 Å². The highest BCUT2D eigenvalue weighted by atomic mass is 32.1. The number of hydrogen-bond acceptors (Lipinski definition) is 5. The number of aromatic nitrogens is 1. The first-order valence-corrected chi connectivity index (χ1v) is 9.33. The van der Waals surface area contributed by atoms with E-state index in [2.05, 4.69) is 9.69 Å². The molecule has 0 saturated heterocycles. The Labute approximate surface area is 160 Å². The maximum Gasteiger partial charge on any atom is 0.295 e. The Balaban J connectivity index is 1.97. The molecule has 1 N–H and O–H groups in total. The Bertz CT molecular complexity index is 775. The van der Waals surface area contributed by atoms with Crippen LogP contribution >= 0.6 is 11.5 Å². The second-order valence-electron chi connectivity index (χ2n) is 6.68. The van der Waals surface area contributed by atoms with E-state index >= 15 is 0 Å². The van der Waals surface area contributed by atoms with Gasteiger partial charge >= 0.3 is 0 Å². The third-order valence-electron chi connectivity index (χ3n) is 4.25. The highest BCUT2D eigenvalue weighted by Crippen LogP contribution is 2.25. The van der Waals surface area contributed by atoms with Gasteiger partial charge in [-0.1, -0.05) is 13.8 Å². The molecule has 2 amide bonds. The summed E-state index contributed by atoms with van der Waals surface area (Å²) < 4.78 is 34.4. The van der Waals surface area contributed by atoms with Crippen LogP contribution in [0.25, 0.3) is 0 Å². The lowest BCUT2D eigenvalue weighted by molar-refractivity contribution is 0.0733. The SMILES string of the molecule is Cc1cc(C(F)F)oc1C(=O)N(C)CCC(NC(=O)c1ccns1)C(C)C. The first-order valence-electron chi connectivity index (χ1n) is 8.56. The molecule has 2 rings (SSSR count). The number of amides is 2. The van der Waals surface area contributed by atoms with E-state index in [-0.39, 0.29) is 23.6 Å². The van der Waals surface area contributed by atoms with Crippen LogP contribution in [0.5, 0.6) is 0 Å². The molecule has 1 unspecified atom stereocenters. The molecule has 6 nitrogen and oxygen atoms in total. The molecule has 0 aliphatic heterocycles. The van der Waals surface area contributed by atoms with Crippen LogP contribution in [0, 0.1) is 12.8 Å². The lowest BCUT2D eigenvalue weighted by Gasteiger charge is -2.25. The van der Waals surface area contributed by atoms with E-state index < -0.39 is 18.1 Å². The molecule has 0 spiro atoms. The zero-order valence-corrected chi connectivity index (χ0v) is 16.5. The summed E-state index contributed by atoms with van der Waals surface area (Å²) in [7, 11) is 1.58. The van der Waals surface area contributed by atoms with Crippen LogP contribution in [-0.4, -0.2) is 40.7 Å². The first-order chi connectivity index (χ1) is 12.7. The van der Waals surface area contributed by atoms with Gasteiger partial charge in [0.05, 0.1) is 0 Å². The second kappa shape index (κ2) is 9.07. The standard InChI is InChI=1S/C18H23F2N3O3S/c1-10(2)12(22-17(24)14-5-7-21-27-14)6-8-23(4)18(25)15-11(3)9-13(26-15)16(19)20/h5,7,9-10,12,16H,6,8H2,1-4H3,(H,22,24). The van der Waals surface area contributed by atoms with Crippen LogP contribution < -0.4 is 5.32 Å². The minimum Gasteiger partial charge on any atom is -0.450 e. The third-order valence-corrected chi connectivity index (χ3v) is 5.00. The van der Waals surface area contributed by atoms with Crippen LogP contribution in [0.2, 0.25) is 0 Å². The van der Waals surface area contributed by atoms with Crippen molar-refractivity contribution in [2.45, 2.75) is 39.7 Å². The number of nitrogens with one attached hydrogen (secondary N) is 1. The molecule has 0 radical (unpaired) electrons. The number of hydrogen-bond donors (Lipinski definition) is 1. The number of carbonyl (C=O) groups excluding carboxylic acids is 2. The van der Waals surface area contributed by atoms with Crippen molar-refractivity contribution in [3.05, 3.63) is 40.3 Å². The summed E-state index contributed by atoms with van der Waals surface area (Å²) in [6.45, 7) is 5.85. The van der Waals surface area contributed by atoms with Gasteiger partial charge in [-0.15, -0.1) is 0 Å². The molecule has 0 aliphatic carbocycles. The molecular formula is C18H23F2N3O3S. The Morgan fingerprint density at radius 3 is 2.59 bits per heavy atom. The minimum absolute atomic E-state index is 0.0809. The van der Waals surface area contributed by atoms with E-state index in [1.54, 1.807) is 26.2 Å². The van der Waals surface area contributed by atoms with E-state index in [1.165, 1.54) is 11.0 Å². The largest absolute Gasteiger partial charge is 0.450 e. The molecule has 0 aliphatic rings. The monoisotopic (exact) mass is 399 g/mol. The fourth-order valence-corrected chi connectivity index (χ4v) is 3.08. The number of furan rings is 1. The highest BCUT2D eigenvalue weighted by molar-refractivity contribution is 7.08. The van der Waals surface area contributed by atoms with Gasteiger partial charge in [-0.2, -0.15) is 0 Å². The number of rotatable bonds is 8. The lowest BCUT2D eigenvalue weighted by Crippen LogP contribution is -2.41. The molecule has 9 heteroatoms. The van der Waals surface area contributed by atoms with Crippen LogP contribution in [0.1, 0.15) is 58.2 Å². The van der Waals surface area contributed by atoms with E-state index in [4.69, 9.17) is 4.42 Å². The average Bonchev–Trinajstić information content (AvgIpc) is 3.26. The summed E-state index contributed by atoms with van der Waals surface area (Å²) in [6.07, 6.45) is -0.676. The van der Waals surface area contributed by atoms with Crippen molar-refractivity contribution in [2.75, 3.05) is 13.6 Å². The van der Waals surface area contributed by atoms with Crippen molar-refractivity contribution in [1.29, 1.82) is 0 Å². The van der Waals surface area contributed by atoms with Crippen molar-refractivity contribution in [2.24, 2.45) is 5.92 Å². The summed E-state index contributed by atoms with van der Waals surface area (Å²) in [5.41, 5.74) is 0.376. The predicted molar refractivity (Wildman–Crippen MR) is 98.2 cm³/mol. The van der Waals surface area contributed by atoms with Gasteiger partial charge in [0.15, 0.2) is 11.5 Å². The molecule has 1 atom stereocenters. The maximum absolute atomic E-state index is 12.7. The summed E-state index contributed by atoms with van der Waals surface area (Å²) in [4.78, 5) is 26.6. The molecule has 2 heterocycles. The molecule has 27 heavy (non-hydrogen) atoms. The van der Waals surface area contributed by atoms with Gasteiger partial charge in [-0.3, -0.25) is 9.59 Å². The van der Waals surface area contributed by atoms with Crippen LogP contribution in [0.15, 0.2) is 22.7 Å². The van der Waals surface area contributed by atoms with Gasteiger partial charge in [0.1, 0.15) is 4.88 Å². The van der Waals surface area contributed by atoms with Crippen LogP contribution in [0.4, 0.5) is 8.78 Å². The smallest absolute Gasteiger partial charge is 0.295 e. The number of nitrogens with zero attached hydrogens (tertiary/aromatic N) is 2. The van der Waals surface area contributed by atoms with Gasteiger partial charge in [0, 0.05) is 31.4 Å². The fraction of sp³-hybridized carbons (Fsp3) is 0.500. The van der Waals surface area contributed by atoms with E-state index in [1.807, 2.05) is 13.8 Å². The maximum atomic E-state index is 12.7. The molecule has 0 aromatic carbocycles. The lowest BCUT2D eigenvalue weighted by atomic mass is 10.0. The molecule has 2 aromatic rings. The van der Waals surface area contributed by atoms with Crippen molar-refractivity contribution >= 4 is 23.3 Å². The zero-order valence-electron chi connectivity index (χ0n) is 15.7. The predicted octanol–water partition coefficient (Wildman–Crippen LogP) is 3.90. The molecule has 148 valence electrons. The average molecular weight is 399 g/mol. The summed E-state index contributed by atoms with van der Waals surface area (Å²) in [5, 5.41) is 2.95. The van der Waals surface area contributed by atoms with E-state index in [0.717, 1.165) is 11.5 Å². The van der Waals surface area contributed by atoms with E-state index in [9.17, 15) is 18.4 Å².